The first-order valence-corrected chi connectivity index (χ1v) is 11.1. The number of hydrogen-bond donors (Lipinski definition) is 4. The first-order chi connectivity index (χ1) is 17.4. The second-order valence-electron chi connectivity index (χ2n) is 7.88. The zero-order valence-corrected chi connectivity index (χ0v) is 19.2. The molecule has 0 fully saturated rings. The van der Waals surface area contributed by atoms with Crippen molar-refractivity contribution in [1.29, 1.82) is 0 Å². The van der Waals surface area contributed by atoms with Crippen LogP contribution in [0.2, 0.25) is 0 Å². The fourth-order valence-corrected chi connectivity index (χ4v) is 3.93. The van der Waals surface area contributed by atoms with E-state index in [1.165, 1.54) is 16.9 Å². The number of imidazole rings is 1. The molecule has 0 aliphatic rings. The average molecular weight is 492 g/mol. The first kappa shape index (κ1) is 23.2. The first-order valence-electron chi connectivity index (χ1n) is 11.1. The molecule has 0 aliphatic heterocycles. The number of rotatable bonds is 8. The predicted octanol–water partition coefficient (Wildman–Crippen LogP) is 3.64. The highest BCUT2D eigenvalue weighted by atomic mass is 19.1. The number of amides is 1. The number of nitrogens with zero attached hydrogens (tertiary/aromatic N) is 4. The Balaban J connectivity index is 1.46. The summed E-state index contributed by atoms with van der Waals surface area (Å²) >= 11 is 0. The van der Waals surface area contributed by atoms with Crippen molar-refractivity contribution in [2.24, 2.45) is 0 Å². The highest BCUT2D eigenvalue weighted by molar-refractivity contribution is 6.07. The number of fused-ring (bicyclic) bond motifs is 2. The number of benzene rings is 2. The number of halogens is 2. The molecule has 5 aromatic rings. The second-order valence-corrected chi connectivity index (χ2v) is 7.88. The number of anilines is 3. The Morgan fingerprint density at radius 3 is 2.81 bits per heavy atom. The fraction of sp³-hybridized carbons (Fsp3) is 0.167. The van der Waals surface area contributed by atoms with Gasteiger partial charge in [0, 0.05) is 36.7 Å². The molecule has 0 bridgehead atoms. The monoisotopic (exact) mass is 492 g/mol. The van der Waals surface area contributed by atoms with E-state index in [1.54, 1.807) is 30.5 Å². The maximum absolute atomic E-state index is 14.0. The smallest absolute Gasteiger partial charge is 0.253 e. The van der Waals surface area contributed by atoms with Crippen LogP contribution in [0.3, 0.4) is 0 Å². The van der Waals surface area contributed by atoms with Gasteiger partial charge in [-0.3, -0.25) is 4.79 Å². The number of ether oxygens (including phenoxy) is 1. The third-order valence-corrected chi connectivity index (χ3v) is 5.52. The fourth-order valence-electron chi connectivity index (χ4n) is 3.93. The molecule has 184 valence electrons. The number of aromatic nitrogens is 5. The number of aromatic amines is 1. The van der Waals surface area contributed by atoms with Gasteiger partial charge in [-0.25, -0.2) is 23.3 Å². The molecule has 5 rings (SSSR count). The second kappa shape index (κ2) is 9.58. The van der Waals surface area contributed by atoms with Gasteiger partial charge in [0.15, 0.2) is 11.6 Å². The van der Waals surface area contributed by atoms with Crippen molar-refractivity contribution in [3.63, 3.8) is 0 Å². The summed E-state index contributed by atoms with van der Waals surface area (Å²) in [5.41, 5.74) is 9.21. The van der Waals surface area contributed by atoms with E-state index in [1.807, 2.05) is 6.92 Å². The molecule has 0 atom stereocenters. The number of carbonyl (C=O) groups excluding carboxylic acids is 1. The molecule has 0 unspecified atom stereocenters. The van der Waals surface area contributed by atoms with E-state index in [0.29, 0.717) is 47.7 Å². The summed E-state index contributed by atoms with van der Waals surface area (Å²) < 4.78 is 34.3. The van der Waals surface area contributed by atoms with Crippen LogP contribution in [0.15, 0.2) is 48.9 Å². The third kappa shape index (κ3) is 4.41. The minimum atomic E-state index is -0.753. The van der Waals surface area contributed by atoms with Crippen LogP contribution in [-0.2, 0) is 4.74 Å². The van der Waals surface area contributed by atoms with Gasteiger partial charge in [0.05, 0.1) is 17.7 Å². The van der Waals surface area contributed by atoms with Crippen molar-refractivity contribution >= 4 is 39.9 Å². The number of carbonyl (C=O) groups is 1. The lowest BCUT2D eigenvalue weighted by atomic mass is 10.0. The van der Waals surface area contributed by atoms with Crippen LogP contribution in [0, 0.1) is 11.6 Å². The Kier molecular flexibility index (Phi) is 6.17. The van der Waals surface area contributed by atoms with Crippen molar-refractivity contribution < 1.29 is 18.3 Å². The van der Waals surface area contributed by atoms with E-state index >= 15 is 0 Å². The maximum atomic E-state index is 14.0. The zero-order valence-electron chi connectivity index (χ0n) is 19.2. The Labute approximate surface area is 203 Å². The van der Waals surface area contributed by atoms with E-state index in [2.05, 4.69) is 30.7 Å². The summed E-state index contributed by atoms with van der Waals surface area (Å²) in [6.07, 6.45) is 2.92. The van der Waals surface area contributed by atoms with Gasteiger partial charge in [-0.15, -0.1) is 0 Å². The summed E-state index contributed by atoms with van der Waals surface area (Å²) in [5, 5.41) is 10.1. The number of nitrogens with one attached hydrogen (secondary N) is 3. The molecule has 36 heavy (non-hydrogen) atoms. The molecule has 12 heteroatoms. The minimum Gasteiger partial charge on any atom is -0.382 e. The van der Waals surface area contributed by atoms with E-state index in [-0.39, 0.29) is 28.7 Å². The predicted molar refractivity (Wildman–Crippen MR) is 131 cm³/mol. The minimum absolute atomic E-state index is 0.0336. The van der Waals surface area contributed by atoms with Gasteiger partial charge in [0.25, 0.3) is 5.91 Å². The Bertz CT molecular complexity index is 1560. The molecule has 3 heterocycles. The van der Waals surface area contributed by atoms with E-state index < -0.39 is 11.6 Å². The lowest BCUT2D eigenvalue weighted by Gasteiger charge is -2.09. The summed E-state index contributed by atoms with van der Waals surface area (Å²) in [6, 6.07) is 9.07. The van der Waals surface area contributed by atoms with Crippen molar-refractivity contribution in [2.75, 3.05) is 30.8 Å². The molecular weight excluding hydrogens is 470 g/mol. The molecule has 0 saturated heterocycles. The topological polar surface area (TPSA) is 135 Å². The molecule has 0 radical (unpaired) electrons. The molecule has 0 spiro atoms. The molecule has 10 nitrogen and oxygen atoms in total. The summed E-state index contributed by atoms with van der Waals surface area (Å²) in [7, 11) is 0. The Morgan fingerprint density at radius 1 is 1.22 bits per heavy atom. The number of nitrogen functional groups attached to an aromatic ring is 1. The Morgan fingerprint density at radius 2 is 2.03 bits per heavy atom. The van der Waals surface area contributed by atoms with E-state index in [4.69, 9.17) is 10.5 Å². The van der Waals surface area contributed by atoms with Crippen molar-refractivity contribution in [3.05, 3.63) is 66.1 Å². The van der Waals surface area contributed by atoms with Crippen LogP contribution >= 0.6 is 0 Å². The lowest BCUT2D eigenvalue weighted by molar-refractivity contribution is 0.0923. The molecule has 0 saturated carbocycles. The molecule has 3 aromatic heterocycles. The third-order valence-electron chi connectivity index (χ3n) is 5.52. The largest absolute Gasteiger partial charge is 0.382 e. The quantitative estimate of drug-likeness (QED) is 0.243. The van der Waals surface area contributed by atoms with Gasteiger partial charge in [0.1, 0.15) is 23.2 Å². The van der Waals surface area contributed by atoms with E-state index in [9.17, 15) is 13.6 Å². The number of nitrogens with two attached hydrogens (primary N) is 1. The van der Waals surface area contributed by atoms with Gasteiger partial charge < -0.3 is 26.1 Å². The molecular formula is C24H22F2N8O2. The van der Waals surface area contributed by atoms with Crippen LogP contribution < -0.4 is 16.4 Å². The zero-order chi connectivity index (χ0) is 25.2. The molecule has 5 N–H and O–H groups in total. The van der Waals surface area contributed by atoms with Gasteiger partial charge in [-0.1, -0.05) is 12.1 Å². The van der Waals surface area contributed by atoms with Crippen molar-refractivity contribution in [3.8, 4) is 11.1 Å². The summed E-state index contributed by atoms with van der Waals surface area (Å²) in [4.78, 5) is 24.0. The number of hydrogen-bond acceptors (Lipinski definition) is 7. The number of H-pyrrole nitrogens is 1. The SMILES string of the molecule is CCOCCNC(=O)c1cn2ncnc(N)c2c1-c1ccc(Nc2nc3c(F)cc(F)cc3[nH]2)cc1. The van der Waals surface area contributed by atoms with E-state index in [0.717, 1.165) is 6.07 Å². The van der Waals surface area contributed by atoms with Crippen molar-refractivity contribution in [2.45, 2.75) is 6.92 Å². The Hall–Kier alpha value is -4.58. The average Bonchev–Trinajstić information content (AvgIpc) is 3.44. The van der Waals surface area contributed by atoms with Crippen LogP contribution in [0.1, 0.15) is 17.3 Å². The standard InChI is InChI=1S/C24H22F2N8O2/c1-2-36-8-7-28-23(35)16-11-34-21(22(27)29-12-30-34)19(16)13-3-5-15(6-4-13)31-24-32-18-10-14(25)9-17(26)20(18)33-24/h3-6,9-12H,2,7-8H2,1H3,(H,28,35)(H2,27,29,30)(H2,31,32,33). The van der Waals surface area contributed by atoms with Gasteiger partial charge >= 0.3 is 0 Å². The van der Waals surface area contributed by atoms with Crippen molar-refractivity contribution in [1.82, 2.24) is 29.9 Å². The summed E-state index contributed by atoms with van der Waals surface area (Å²) in [6.45, 7) is 3.19. The highest BCUT2D eigenvalue weighted by Gasteiger charge is 2.21. The van der Waals surface area contributed by atoms with Gasteiger partial charge in [-0.05, 0) is 30.7 Å². The lowest BCUT2D eigenvalue weighted by Crippen LogP contribution is -2.27. The maximum Gasteiger partial charge on any atom is 0.253 e. The van der Waals surface area contributed by atoms with Crippen LogP contribution in [-0.4, -0.2) is 50.2 Å². The molecule has 2 aromatic carbocycles. The summed E-state index contributed by atoms with van der Waals surface area (Å²) in [5.74, 6) is -1.26. The molecule has 1 amide bonds. The normalized spacial score (nSPS) is 11.3. The van der Waals surface area contributed by atoms with Gasteiger partial charge in [0.2, 0.25) is 5.95 Å². The molecule has 0 aliphatic carbocycles. The van der Waals surface area contributed by atoms with Crippen LogP contribution in [0.25, 0.3) is 27.7 Å². The van der Waals surface area contributed by atoms with Gasteiger partial charge in [-0.2, -0.15) is 5.10 Å². The van der Waals surface area contributed by atoms with Crippen LogP contribution in [0.4, 0.5) is 26.2 Å². The highest BCUT2D eigenvalue weighted by Crippen LogP contribution is 2.33. The van der Waals surface area contributed by atoms with Crippen LogP contribution in [0.5, 0.6) is 0 Å².